The van der Waals surface area contributed by atoms with Gasteiger partial charge in [-0.1, -0.05) is 12.1 Å². The summed E-state index contributed by atoms with van der Waals surface area (Å²) in [7, 11) is 1.92. The first-order chi connectivity index (χ1) is 10.1. The van der Waals surface area contributed by atoms with E-state index in [9.17, 15) is 4.79 Å². The van der Waals surface area contributed by atoms with Gasteiger partial charge in [0.2, 0.25) is 0 Å². The van der Waals surface area contributed by atoms with E-state index in [0.29, 0.717) is 0 Å². The topological polar surface area (TPSA) is 39.8 Å². The van der Waals surface area contributed by atoms with Gasteiger partial charge in [0.15, 0.2) is 0 Å². The molecule has 0 aliphatic heterocycles. The summed E-state index contributed by atoms with van der Waals surface area (Å²) >= 11 is 0. The second-order valence-corrected chi connectivity index (χ2v) is 5.13. The summed E-state index contributed by atoms with van der Waals surface area (Å²) in [4.78, 5) is 10.6. The maximum atomic E-state index is 10.6. The summed E-state index contributed by atoms with van der Waals surface area (Å²) in [5.74, 6) is 0.964. The standard InChI is InChI=1S/C17H17N3O.K.H/c1-12-6-4-8-16-14(12)9-10-20(16)17-15(7-5-11-21)13(2)18-19(17)3;;/h4-11H,1-3H3;;/b7-5+;;. The van der Waals surface area contributed by atoms with E-state index < -0.39 is 0 Å². The third-order valence-corrected chi connectivity index (χ3v) is 3.76. The molecule has 0 fully saturated rings. The van der Waals surface area contributed by atoms with Gasteiger partial charge in [0, 0.05) is 24.2 Å². The van der Waals surface area contributed by atoms with Crippen molar-refractivity contribution in [3.05, 3.63) is 53.4 Å². The molecule has 0 aliphatic rings. The fraction of sp³-hybridized carbons (Fsp3) is 0.176. The van der Waals surface area contributed by atoms with E-state index >= 15 is 0 Å². The Balaban J connectivity index is 0.00000176. The number of fused-ring (bicyclic) bond motifs is 1. The first kappa shape index (κ1) is 17.4. The van der Waals surface area contributed by atoms with E-state index in [-0.39, 0.29) is 51.4 Å². The van der Waals surface area contributed by atoms with Crippen molar-refractivity contribution in [1.29, 1.82) is 0 Å². The van der Waals surface area contributed by atoms with Crippen molar-refractivity contribution in [2.75, 3.05) is 0 Å². The molecule has 2 aromatic heterocycles. The van der Waals surface area contributed by atoms with Gasteiger partial charge < -0.3 is 4.57 Å². The van der Waals surface area contributed by atoms with Crippen LogP contribution in [0.5, 0.6) is 0 Å². The second kappa shape index (κ2) is 7.06. The number of benzene rings is 1. The van der Waals surface area contributed by atoms with Crippen molar-refractivity contribution in [2.45, 2.75) is 13.8 Å². The van der Waals surface area contributed by atoms with E-state index in [4.69, 9.17) is 0 Å². The van der Waals surface area contributed by atoms with Crippen molar-refractivity contribution in [2.24, 2.45) is 7.05 Å². The molecule has 0 N–H and O–H groups in total. The number of hydrogen-bond donors (Lipinski definition) is 0. The number of aldehydes is 1. The molecule has 3 aromatic rings. The van der Waals surface area contributed by atoms with Crippen LogP contribution in [0.1, 0.15) is 16.8 Å². The molecule has 108 valence electrons. The van der Waals surface area contributed by atoms with Crippen LogP contribution >= 0.6 is 0 Å². The van der Waals surface area contributed by atoms with Crippen LogP contribution in [-0.2, 0) is 11.8 Å². The van der Waals surface area contributed by atoms with Crippen LogP contribution in [0.4, 0.5) is 0 Å². The summed E-state index contributed by atoms with van der Waals surface area (Å²) in [5, 5.41) is 5.70. The Morgan fingerprint density at radius 1 is 1.18 bits per heavy atom. The second-order valence-electron chi connectivity index (χ2n) is 5.13. The van der Waals surface area contributed by atoms with E-state index in [1.165, 1.54) is 17.0 Å². The molecule has 0 spiro atoms. The Hall–Kier alpha value is -0.984. The molecule has 0 unspecified atom stereocenters. The summed E-state index contributed by atoms with van der Waals surface area (Å²) in [6.07, 6.45) is 6.15. The zero-order valence-corrected chi connectivity index (χ0v) is 12.4. The minimum absolute atomic E-state index is 0. The number of carbonyl (C=O) groups excluding carboxylic acids is 1. The van der Waals surface area contributed by atoms with Gasteiger partial charge in [-0.2, -0.15) is 5.10 Å². The molecule has 0 atom stereocenters. The molecule has 0 amide bonds. The fourth-order valence-electron chi connectivity index (χ4n) is 2.78. The molecule has 3 rings (SSSR count). The van der Waals surface area contributed by atoms with Gasteiger partial charge in [0.25, 0.3) is 0 Å². The molecule has 0 saturated carbocycles. The first-order valence-corrected chi connectivity index (χ1v) is 6.86. The van der Waals surface area contributed by atoms with Crippen molar-refractivity contribution in [3.63, 3.8) is 0 Å². The number of hydrogen-bond acceptors (Lipinski definition) is 2. The average molecular weight is 319 g/mol. The van der Waals surface area contributed by atoms with Crippen molar-refractivity contribution < 1.29 is 4.79 Å². The Bertz CT molecular complexity index is 858. The average Bonchev–Trinajstić information content (AvgIpc) is 2.98. The number of allylic oxidation sites excluding steroid dienone is 1. The molecule has 0 saturated heterocycles. The third-order valence-electron chi connectivity index (χ3n) is 3.76. The van der Waals surface area contributed by atoms with Gasteiger partial charge in [0.1, 0.15) is 12.1 Å². The van der Waals surface area contributed by atoms with Gasteiger partial charge in [-0.3, -0.25) is 9.48 Å². The molecular weight excluding hydrogens is 301 g/mol. The molecule has 22 heavy (non-hydrogen) atoms. The van der Waals surface area contributed by atoms with E-state index in [1.807, 2.05) is 30.9 Å². The van der Waals surface area contributed by atoms with Gasteiger partial charge in [-0.05, 0) is 43.7 Å². The van der Waals surface area contributed by atoms with Crippen LogP contribution < -0.4 is 0 Å². The predicted octanol–water partition coefficient (Wildman–Crippen LogP) is 2.54. The minimum atomic E-state index is 0. The molecule has 0 bridgehead atoms. The predicted molar refractivity (Wildman–Crippen MR) is 91.8 cm³/mol. The summed E-state index contributed by atoms with van der Waals surface area (Å²) in [6, 6.07) is 8.37. The Morgan fingerprint density at radius 3 is 2.68 bits per heavy atom. The fourth-order valence-corrected chi connectivity index (χ4v) is 2.78. The van der Waals surface area contributed by atoms with Crippen LogP contribution in [0.2, 0.25) is 0 Å². The Morgan fingerprint density at radius 2 is 1.95 bits per heavy atom. The Labute approximate surface area is 172 Å². The number of rotatable bonds is 3. The van der Waals surface area contributed by atoms with Gasteiger partial charge >= 0.3 is 51.4 Å². The number of aromatic nitrogens is 3. The van der Waals surface area contributed by atoms with Crippen molar-refractivity contribution in [1.82, 2.24) is 14.3 Å². The molecular formula is C17H18KN3O. The quantitative estimate of drug-likeness (QED) is 0.423. The van der Waals surface area contributed by atoms with Gasteiger partial charge in [-0.15, -0.1) is 0 Å². The van der Waals surface area contributed by atoms with Crippen LogP contribution in [0.3, 0.4) is 0 Å². The zero-order valence-electron chi connectivity index (χ0n) is 12.4. The maximum absolute atomic E-state index is 10.6. The van der Waals surface area contributed by atoms with E-state index in [0.717, 1.165) is 28.9 Å². The molecule has 2 heterocycles. The molecule has 4 nitrogen and oxygen atoms in total. The van der Waals surface area contributed by atoms with Crippen molar-refractivity contribution >= 4 is 74.6 Å². The number of nitrogens with zero attached hydrogens (tertiary/aromatic N) is 3. The van der Waals surface area contributed by atoms with Gasteiger partial charge in [0.05, 0.1) is 11.2 Å². The van der Waals surface area contributed by atoms with Gasteiger partial charge in [-0.25, -0.2) is 0 Å². The van der Waals surface area contributed by atoms with Crippen molar-refractivity contribution in [3.8, 4) is 5.82 Å². The SMILES string of the molecule is Cc1nn(C)c(-n2ccc3c(C)cccc32)c1/C=C/C=O.[KH]. The normalized spacial score (nSPS) is 11.0. The summed E-state index contributed by atoms with van der Waals surface area (Å²) in [6.45, 7) is 4.05. The van der Waals surface area contributed by atoms with Crippen LogP contribution in [0.15, 0.2) is 36.5 Å². The summed E-state index contributed by atoms with van der Waals surface area (Å²) in [5.41, 5.74) is 4.25. The monoisotopic (exact) mass is 319 g/mol. The van der Waals surface area contributed by atoms with Crippen LogP contribution in [0.25, 0.3) is 22.8 Å². The molecule has 5 heteroatoms. The van der Waals surface area contributed by atoms with E-state index in [1.54, 1.807) is 0 Å². The van der Waals surface area contributed by atoms with Crippen LogP contribution in [0, 0.1) is 13.8 Å². The third kappa shape index (κ3) is 2.91. The van der Waals surface area contributed by atoms with E-state index in [2.05, 4.69) is 40.9 Å². The Kier molecular flexibility index (Phi) is 5.58. The zero-order chi connectivity index (χ0) is 15.0. The first-order valence-electron chi connectivity index (χ1n) is 6.86. The van der Waals surface area contributed by atoms with Crippen LogP contribution in [-0.4, -0.2) is 72.0 Å². The molecule has 0 radical (unpaired) electrons. The number of carbonyl (C=O) groups is 1. The molecule has 1 aromatic carbocycles. The molecule has 0 aliphatic carbocycles. The number of aryl methyl sites for hydroxylation is 3. The summed E-state index contributed by atoms with van der Waals surface area (Å²) < 4.78 is 3.97.